The van der Waals surface area contributed by atoms with Gasteiger partial charge in [0.25, 0.3) is 5.56 Å². The molecule has 2 heterocycles. The number of nitrogens with zero attached hydrogens (tertiary/aromatic N) is 3. The van der Waals surface area contributed by atoms with E-state index in [1.807, 2.05) is 24.3 Å². The second kappa shape index (κ2) is 11.8. The van der Waals surface area contributed by atoms with Gasteiger partial charge in [0.2, 0.25) is 5.82 Å². The van der Waals surface area contributed by atoms with Crippen molar-refractivity contribution in [2.24, 2.45) is 5.10 Å². The summed E-state index contributed by atoms with van der Waals surface area (Å²) in [6.45, 7) is 0.153. The maximum absolute atomic E-state index is 13.7. The lowest BCUT2D eigenvalue weighted by molar-refractivity contribution is 0.304. The van der Waals surface area contributed by atoms with Crippen LogP contribution in [0.1, 0.15) is 11.1 Å². The molecule has 0 aliphatic heterocycles. The Kier molecular flexibility index (Phi) is 7.96. The zero-order chi connectivity index (χ0) is 29.4. The molecule has 0 N–H and O–H groups in total. The van der Waals surface area contributed by atoms with Crippen LogP contribution >= 0.6 is 50.7 Å². The molecule has 2 aromatic heterocycles. The average Bonchev–Trinajstić information content (AvgIpc) is 3.41. The zero-order valence-electron chi connectivity index (χ0n) is 21.8. The van der Waals surface area contributed by atoms with Crippen molar-refractivity contribution in [2.45, 2.75) is 6.61 Å². The van der Waals surface area contributed by atoms with Gasteiger partial charge in [0, 0.05) is 26.2 Å². The molecule has 6 aromatic rings. The van der Waals surface area contributed by atoms with Gasteiger partial charge >= 0.3 is 0 Å². The van der Waals surface area contributed by atoms with Crippen LogP contribution in [-0.2, 0) is 6.61 Å². The largest absolute Gasteiger partial charge is 0.496 e. The molecule has 210 valence electrons. The SMILES string of the molecule is COc1cccc2oc(-c3nc4ccccc4c(=O)n3N=Cc3cc(Cl)cc(Br)c3OCc3ccc(Cl)cc3Cl)cc12. The molecule has 0 amide bonds. The number of fused-ring (bicyclic) bond motifs is 2. The van der Waals surface area contributed by atoms with Gasteiger partial charge in [-0.05, 0) is 70.5 Å². The summed E-state index contributed by atoms with van der Waals surface area (Å²) in [4.78, 5) is 18.5. The van der Waals surface area contributed by atoms with Crippen molar-refractivity contribution in [3.63, 3.8) is 0 Å². The fraction of sp³-hybridized carbons (Fsp3) is 0.0645. The van der Waals surface area contributed by atoms with Crippen molar-refractivity contribution in [3.05, 3.63) is 120 Å². The Morgan fingerprint density at radius 3 is 2.62 bits per heavy atom. The highest BCUT2D eigenvalue weighted by molar-refractivity contribution is 9.10. The quantitative estimate of drug-likeness (QED) is 0.157. The topological polar surface area (TPSA) is 78.9 Å². The summed E-state index contributed by atoms with van der Waals surface area (Å²) in [6.07, 6.45) is 1.49. The van der Waals surface area contributed by atoms with E-state index in [-0.39, 0.29) is 18.0 Å². The fourth-order valence-corrected chi connectivity index (χ4v) is 5.86. The van der Waals surface area contributed by atoms with Gasteiger partial charge in [-0.25, -0.2) is 4.98 Å². The minimum absolute atomic E-state index is 0.153. The van der Waals surface area contributed by atoms with Gasteiger partial charge in [0.15, 0.2) is 5.76 Å². The number of ether oxygens (including phenoxy) is 2. The summed E-state index contributed by atoms with van der Waals surface area (Å²) in [5.41, 5.74) is 1.96. The predicted octanol–water partition coefficient (Wildman–Crippen LogP) is 9.00. The molecule has 0 unspecified atom stereocenters. The molecule has 0 bridgehead atoms. The van der Waals surface area contributed by atoms with Gasteiger partial charge in [-0.3, -0.25) is 4.79 Å². The zero-order valence-corrected chi connectivity index (χ0v) is 25.6. The Hall–Kier alpha value is -3.82. The molecule has 0 saturated carbocycles. The van der Waals surface area contributed by atoms with Gasteiger partial charge in [-0.1, -0.05) is 59.1 Å². The first-order chi connectivity index (χ1) is 20.3. The number of rotatable bonds is 7. The summed E-state index contributed by atoms with van der Waals surface area (Å²) >= 11 is 22.3. The summed E-state index contributed by atoms with van der Waals surface area (Å²) < 4.78 is 19.5. The van der Waals surface area contributed by atoms with Crippen molar-refractivity contribution < 1.29 is 13.9 Å². The molecule has 0 spiro atoms. The number of furan rings is 1. The summed E-state index contributed by atoms with van der Waals surface area (Å²) in [6, 6.07) is 22.8. The van der Waals surface area contributed by atoms with E-state index in [4.69, 9.17) is 53.7 Å². The van der Waals surface area contributed by atoms with Crippen LogP contribution < -0.4 is 15.0 Å². The highest BCUT2D eigenvalue weighted by atomic mass is 79.9. The van der Waals surface area contributed by atoms with Crippen molar-refractivity contribution in [1.82, 2.24) is 9.66 Å². The number of methoxy groups -OCH3 is 1. The van der Waals surface area contributed by atoms with Crippen LogP contribution in [0.5, 0.6) is 11.5 Å². The smallest absolute Gasteiger partial charge is 0.282 e. The Morgan fingerprint density at radius 1 is 0.976 bits per heavy atom. The van der Waals surface area contributed by atoms with E-state index in [1.165, 1.54) is 10.9 Å². The van der Waals surface area contributed by atoms with E-state index >= 15 is 0 Å². The maximum atomic E-state index is 13.7. The molecule has 0 atom stereocenters. The van der Waals surface area contributed by atoms with Gasteiger partial charge in [-0.2, -0.15) is 9.78 Å². The molecular formula is C31H19BrCl3N3O4. The molecule has 42 heavy (non-hydrogen) atoms. The minimum atomic E-state index is -0.379. The fourth-order valence-electron chi connectivity index (χ4n) is 4.45. The van der Waals surface area contributed by atoms with Crippen LogP contribution in [0.15, 0.2) is 97.6 Å². The van der Waals surface area contributed by atoms with E-state index in [0.717, 1.165) is 10.9 Å². The second-order valence-electron chi connectivity index (χ2n) is 9.13. The monoisotopic (exact) mass is 681 g/mol. The molecule has 4 aromatic carbocycles. The Balaban J connectivity index is 1.47. The Labute approximate surface area is 263 Å². The third-order valence-electron chi connectivity index (χ3n) is 6.45. The molecule has 0 radical (unpaired) electrons. The van der Waals surface area contributed by atoms with Gasteiger partial charge < -0.3 is 13.9 Å². The van der Waals surface area contributed by atoms with Crippen LogP contribution in [0, 0.1) is 0 Å². The molecule has 0 saturated heterocycles. The number of para-hydroxylation sites is 1. The highest BCUT2D eigenvalue weighted by Gasteiger charge is 2.18. The molecular weight excluding hydrogens is 665 g/mol. The normalized spacial score (nSPS) is 11.5. The maximum Gasteiger partial charge on any atom is 0.282 e. The van der Waals surface area contributed by atoms with E-state index in [2.05, 4.69) is 21.0 Å². The lowest BCUT2D eigenvalue weighted by atomic mass is 10.2. The standard InChI is InChI=1S/C31H19BrCl3N3O4/c1-40-26-7-4-8-27-22(26)14-28(42-27)30-37-25-6-3-2-5-21(25)31(39)38(30)36-15-18-11-20(34)12-23(32)29(18)41-16-17-9-10-19(33)13-24(17)35/h2-15H,16H2,1H3. The number of halogens is 4. The van der Waals surface area contributed by atoms with E-state index in [1.54, 1.807) is 61.7 Å². The first-order valence-electron chi connectivity index (χ1n) is 12.5. The van der Waals surface area contributed by atoms with E-state index < -0.39 is 0 Å². The van der Waals surface area contributed by atoms with Crippen LogP contribution in [0.2, 0.25) is 15.1 Å². The lowest BCUT2D eigenvalue weighted by Gasteiger charge is -2.13. The van der Waals surface area contributed by atoms with E-state index in [9.17, 15) is 4.79 Å². The van der Waals surface area contributed by atoms with Gasteiger partial charge in [0.1, 0.15) is 23.7 Å². The van der Waals surface area contributed by atoms with Crippen LogP contribution in [-0.4, -0.2) is 23.0 Å². The number of hydrogen-bond donors (Lipinski definition) is 0. The van der Waals surface area contributed by atoms with Gasteiger partial charge in [-0.15, -0.1) is 0 Å². The third kappa shape index (κ3) is 5.51. The summed E-state index contributed by atoms with van der Waals surface area (Å²) in [5.74, 6) is 1.64. The predicted molar refractivity (Wildman–Crippen MR) is 171 cm³/mol. The molecule has 11 heteroatoms. The summed E-state index contributed by atoms with van der Waals surface area (Å²) in [5, 5.41) is 7.14. The van der Waals surface area contributed by atoms with Gasteiger partial charge in [0.05, 0.1) is 34.1 Å². The van der Waals surface area contributed by atoms with Crippen molar-refractivity contribution in [1.29, 1.82) is 0 Å². The molecule has 0 aliphatic carbocycles. The van der Waals surface area contributed by atoms with Crippen LogP contribution in [0.3, 0.4) is 0 Å². The molecule has 0 fully saturated rings. The molecule has 0 aliphatic rings. The summed E-state index contributed by atoms with van der Waals surface area (Å²) in [7, 11) is 1.58. The van der Waals surface area contributed by atoms with Crippen LogP contribution in [0.4, 0.5) is 0 Å². The molecule has 7 nitrogen and oxygen atoms in total. The Bertz CT molecular complexity index is 2070. The van der Waals surface area contributed by atoms with Crippen LogP contribution in [0.25, 0.3) is 33.5 Å². The van der Waals surface area contributed by atoms with E-state index in [0.29, 0.717) is 58.8 Å². The first kappa shape index (κ1) is 28.3. The Morgan fingerprint density at radius 2 is 1.81 bits per heavy atom. The first-order valence-corrected chi connectivity index (χ1v) is 14.4. The minimum Gasteiger partial charge on any atom is -0.496 e. The van der Waals surface area contributed by atoms with Crippen molar-refractivity contribution in [3.8, 4) is 23.1 Å². The molecule has 6 rings (SSSR count). The lowest BCUT2D eigenvalue weighted by Crippen LogP contribution is -2.20. The number of benzene rings is 4. The van der Waals surface area contributed by atoms with Crippen molar-refractivity contribution >= 4 is 78.8 Å². The van der Waals surface area contributed by atoms with Crippen molar-refractivity contribution in [2.75, 3.05) is 7.11 Å². The third-order valence-corrected chi connectivity index (χ3v) is 7.85. The number of hydrogen-bond acceptors (Lipinski definition) is 6. The highest BCUT2D eigenvalue weighted by Crippen LogP contribution is 2.35. The second-order valence-corrected chi connectivity index (χ2v) is 11.3. The average molecular weight is 684 g/mol. The number of aromatic nitrogens is 2.